The third-order valence-corrected chi connectivity index (χ3v) is 4.16. The summed E-state index contributed by atoms with van der Waals surface area (Å²) >= 11 is 1.34. The minimum atomic E-state index is -1.05. The van der Waals surface area contributed by atoms with Crippen LogP contribution in [0.25, 0.3) is 0 Å². The zero-order valence-corrected chi connectivity index (χ0v) is 13.6. The summed E-state index contributed by atoms with van der Waals surface area (Å²) in [5.74, 6) is 0. The summed E-state index contributed by atoms with van der Waals surface area (Å²) in [6, 6.07) is 9.36. The van der Waals surface area contributed by atoms with Gasteiger partial charge in [-0.2, -0.15) is 0 Å². The average molecular weight is 336 g/mol. The van der Waals surface area contributed by atoms with Crippen LogP contribution in [-0.4, -0.2) is 33.9 Å². The molecule has 2 atom stereocenters. The second kappa shape index (κ2) is 8.61. The van der Waals surface area contributed by atoms with Crippen LogP contribution in [-0.2, 0) is 11.3 Å². The summed E-state index contributed by atoms with van der Waals surface area (Å²) in [5.41, 5.74) is 0.900. The number of nitrogens with zero attached hydrogens (tertiary/aromatic N) is 1. The number of benzene rings is 1. The second-order valence-electron chi connectivity index (χ2n) is 5.10. The van der Waals surface area contributed by atoms with Gasteiger partial charge < -0.3 is 20.3 Å². The van der Waals surface area contributed by atoms with E-state index in [9.17, 15) is 15.0 Å². The fraction of sp³-hybridized carbons (Fsp3) is 0.375. The van der Waals surface area contributed by atoms with Crippen LogP contribution in [0.1, 0.15) is 28.0 Å². The number of aliphatic hydroxyl groups excluding tert-OH is 2. The first-order valence-corrected chi connectivity index (χ1v) is 8.11. The first kappa shape index (κ1) is 17.4. The lowest BCUT2D eigenvalue weighted by Crippen LogP contribution is -2.29. The Bertz CT molecular complexity index is 618. The van der Waals surface area contributed by atoms with Gasteiger partial charge in [0.1, 0.15) is 17.7 Å². The molecule has 0 radical (unpaired) electrons. The number of carbonyl (C=O) groups is 1. The summed E-state index contributed by atoms with van der Waals surface area (Å²) in [5, 5.41) is 22.9. The number of aryl methyl sites for hydroxylation is 1. The molecule has 0 aliphatic rings. The van der Waals surface area contributed by atoms with Crippen LogP contribution in [0.3, 0.4) is 0 Å². The van der Waals surface area contributed by atoms with Crippen LogP contribution in [0.2, 0.25) is 0 Å². The molecule has 0 aliphatic heterocycles. The first-order valence-electron chi connectivity index (χ1n) is 7.29. The van der Waals surface area contributed by atoms with E-state index in [0.717, 1.165) is 10.4 Å². The Kier molecular flexibility index (Phi) is 6.52. The Labute approximate surface area is 138 Å². The van der Waals surface area contributed by atoms with Gasteiger partial charge in [-0.15, -0.1) is 11.3 Å². The zero-order chi connectivity index (χ0) is 16.7. The van der Waals surface area contributed by atoms with Crippen LogP contribution in [0.5, 0.6) is 0 Å². The lowest BCUT2D eigenvalue weighted by atomic mass is 10.1. The highest BCUT2D eigenvalue weighted by atomic mass is 32.1. The molecule has 0 bridgehead atoms. The summed E-state index contributed by atoms with van der Waals surface area (Å²) in [6.07, 6.45) is -0.735. The van der Waals surface area contributed by atoms with Gasteiger partial charge in [0.15, 0.2) is 0 Å². The monoisotopic (exact) mass is 336 g/mol. The zero-order valence-electron chi connectivity index (χ0n) is 12.8. The molecule has 1 aromatic heterocycles. The number of aromatic nitrogens is 1. The van der Waals surface area contributed by atoms with Crippen molar-refractivity contribution in [1.29, 1.82) is 0 Å². The van der Waals surface area contributed by atoms with Gasteiger partial charge >= 0.3 is 6.09 Å². The lowest BCUT2D eigenvalue weighted by Gasteiger charge is -2.15. The fourth-order valence-corrected chi connectivity index (χ4v) is 2.75. The molecule has 2 unspecified atom stereocenters. The highest BCUT2D eigenvalue weighted by Gasteiger charge is 2.21. The summed E-state index contributed by atoms with van der Waals surface area (Å²) in [7, 11) is 0. The SMILES string of the molecule is Cc1cnc(C(O)C(O)CCNC(=O)OCc2ccccc2)s1. The number of aliphatic hydroxyl groups is 2. The van der Waals surface area contributed by atoms with Crippen LogP contribution in [0.4, 0.5) is 4.79 Å². The number of alkyl carbamates (subject to hydrolysis) is 1. The molecule has 1 aromatic carbocycles. The number of ether oxygens (including phenoxy) is 1. The van der Waals surface area contributed by atoms with E-state index in [1.54, 1.807) is 6.20 Å². The number of nitrogens with one attached hydrogen (secondary N) is 1. The number of thiazole rings is 1. The number of amides is 1. The molecule has 0 saturated heterocycles. The van der Waals surface area contributed by atoms with Gasteiger partial charge in [-0.25, -0.2) is 9.78 Å². The van der Waals surface area contributed by atoms with Gasteiger partial charge in [-0.05, 0) is 18.9 Å². The minimum Gasteiger partial charge on any atom is -0.445 e. The number of carbonyl (C=O) groups excluding carboxylic acids is 1. The topological polar surface area (TPSA) is 91.7 Å². The minimum absolute atomic E-state index is 0.191. The highest BCUT2D eigenvalue weighted by Crippen LogP contribution is 2.23. The van der Waals surface area contributed by atoms with Gasteiger partial charge in [-0.1, -0.05) is 30.3 Å². The molecule has 0 spiro atoms. The van der Waals surface area contributed by atoms with Crippen molar-refractivity contribution in [3.63, 3.8) is 0 Å². The molecule has 2 aromatic rings. The number of hydrogen-bond acceptors (Lipinski definition) is 6. The molecule has 2 rings (SSSR count). The predicted octanol–water partition coefficient (Wildman–Crippen LogP) is 2.16. The molecular formula is C16H20N2O4S. The standard InChI is InChI=1S/C16H20N2O4S/c1-11-9-18-15(23-11)14(20)13(19)7-8-17-16(21)22-10-12-5-3-2-4-6-12/h2-6,9,13-14,19-20H,7-8,10H2,1H3,(H,17,21). The van der Waals surface area contributed by atoms with Gasteiger partial charge in [0.2, 0.25) is 0 Å². The van der Waals surface area contributed by atoms with E-state index in [0.29, 0.717) is 5.01 Å². The van der Waals surface area contributed by atoms with Gasteiger partial charge in [-0.3, -0.25) is 0 Å². The van der Waals surface area contributed by atoms with E-state index >= 15 is 0 Å². The van der Waals surface area contributed by atoms with Crippen molar-refractivity contribution in [3.05, 3.63) is 52.0 Å². The van der Waals surface area contributed by atoms with E-state index in [4.69, 9.17) is 4.74 Å². The molecule has 0 fully saturated rings. The van der Waals surface area contributed by atoms with E-state index in [2.05, 4.69) is 10.3 Å². The molecule has 3 N–H and O–H groups in total. The van der Waals surface area contributed by atoms with Crippen LogP contribution in [0.15, 0.2) is 36.5 Å². The largest absolute Gasteiger partial charge is 0.445 e. The van der Waals surface area contributed by atoms with E-state index in [-0.39, 0.29) is 19.6 Å². The predicted molar refractivity (Wildman–Crippen MR) is 87.1 cm³/mol. The van der Waals surface area contributed by atoms with Crippen molar-refractivity contribution in [2.24, 2.45) is 0 Å². The quantitative estimate of drug-likeness (QED) is 0.721. The summed E-state index contributed by atoms with van der Waals surface area (Å²) in [4.78, 5) is 16.6. The van der Waals surface area contributed by atoms with E-state index in [1.165, 1.54) is 11.3 Å². The third kappa shape index (κ3) is 5.63. The van der Waals surface area contributed by atoms with Crippen LogP contribution in [0, 0.1) is 6.92 Å². The molecular weight excluding hydrogens is 316 g/mol. The highest BCUT2D eigenvalue weighted by molar-refractivity contribution is 7.11. The maximum atomic E-state index is 11.6. The lowest BCUT2D eigenvalue weighted by molar-refractivity contribution is 0.0135. The Morgan fingerprint density at radius 1 is 1.35 bits per heavy atom. The molecule has 23 heavy (non-hydrogen) atoms. The maximum Gasteiger partial charge on any atom is 0.407 e. The Hall–Kier alpha value is -1.96. The van der Waals surface area contributed by atoms with Gasteiger partial charge in [0.25, 0.3) is 0 Å². The Morgan fingerprint density at radius 3 is 2.74 bits per heavy atom. The normalized spacial score (nSPS) is 13.3. The van der Waals surface area contributed by atoms with Crippen LogP contribution < -0.4 is 5.32 Å². The van der Waals surface area contributed by atoms with Crippen molar-refractivity contribution in [2.45, 2.75) is 32.2 Å². The fourth-order valence-electron chi connectivity index (χ4n) is 1.93. The van der Waals surface area contributed by atoms with Crippen molar-refractivity contribution in [1.82, 2.24) is 10.3 Å². The van der Waals surface area contributed by atoms with Crippen molar-refractivity contribution in [2.75, 3.05) is 6.54 Å². The number of hydrogen-bond donors (Lipinski definition) is 3. The third-order valence-electron chi connectivity index (χ3n) is 3.18. The average Bonchev–Trinajstić information content (AvgIpc) is 2.99. The number of rotatable bonds is 7. The van der Waals surface area contributed by atoms with Crippen molar-refractivity contribution < 1.29 is 19.7 Å². The molecule has 1 heterocycles. The van der Waals surface area contributed by atoms with E-state index < -0.39 is 18.3 Å². The van der Waals surface area contributed by atoms with Gasteiger partial charge in [0.05, 0.1) is 6.10 Å². The second-order valence-corrected chi connectivity index (χ2v) is 6.36. The molecule has 6 nitrogen and oxygen atoms in total. The summed E-state index contributed by atoms with van der Waals surface area (Å²) < 4.78 is 5.05. The first-order chi connectivity index (χ1) is 11.1. The molecule has 1 amide bonds. The molecule has 7 heteroatoms. The molecule has 0 aliphatic carbocycles. The molecule has 124 valence electrons. The van der Waals surface area contributed by atoms with Crippen LogP contribution >= 0.6 is 11.3 Å². The Balaban J connectivity index is 1.66. The van der Waals surface area contributed by atoms with Gasteiger partial charge in [0, 0.05) is 17.6 Å². The smallest absolute Gasteiger partial charge is 0.407 e. The van der Waals surface area contributed by atoms with E-state index in [1.807, 2.05) is 37.3 Å². The van der Waals surface area contributed by atoms with Crippen molar-refractivity contribution in [3.8, 4) is 0 Å². The van der Waals surface area contributed by atoms with Crippen molar-refractivity contribution >= 4 is 17.4 Å². The summed E-state index contributed by atoms with van der Waals surface area (Å²) in [6.45, 7) is 2.27. The Morgan fingerprint density at radius 2 is 2.09 bits per heavy atom. The maximum absolute atomic E-state index is 11.6. The molecule has 0 saturated carbocycles.